The number of ether oxygens (including phenoxy) is 3. The van der Waals surface area contributed by atoms with E-state index < -0.39 is 0 Å². The molecule has 0 radical (unpaired) electrons. The van der Waals surface area contributed by atoms with Gasteiger partial charge in [-0.3, -0.25) is 9.59 Å². The zero-order valence-electron chi connectivity index (χ0n) is 18.6. The Morgan fingerprint density at radius 2 is 1.65 bits per heavy atom. The Morgan fingerprint density at radius 3 is 2.29 bits per heavy atom. The van der Waals surface area contributed by atoms with E-state index in [-0.39, 0.29) is 24.8 Å². The van der Waals surface area contributed by atoms with Crippen LogP contribution in [0.25, 0.3) is 0 Å². The molecule has 7 heteroatoms. The van der Waals surface area contributed by atoms with E-state index in [0.29, 0.717) is 35.8 Å². The van der Waals surface area contributed by atoms with E-state index in [4.69, 9.17) is 14.2 Å². The molecule has 2 aromatic rings. The largest absolute Gasteiger partial charge is 0.493 e. The molecule has 0 aliphatic carbocycles. The van der Waals surface area contributed by atoms with Gasteiger partial charge < -0.3 is 24.4 Å². The third kappa shape index (κ3) is 5.48. The number of rotatable bonds is 8. The van der Waals surface area contributed by atoms with Gasteiger partial charge in [0.2, 0.25) is 5.91 Å². The molecule has 1 saturated heterocycles. The van der Waals surface area contributed by atoms with Crippen molar-refractivity contribution < 1.29 is 23.8 Å². The molecule has 1 heterocycles. The highest BCUT2D eigenvalue weighted by Gasteiger charge is 2.25. The fourth-order valence-corrected chi connectivity index (χ4v) is 3.68. The summed E-state index contributed by atoms with van der Waals surface area (Å²) in [5, 5.41) is 2.85. The summed E-state index contributed by atoms with van der Waals surface area (Å²) in [5.41, 5.74) is 2.99. The molecular weight excluding hydrogens is 396 g/mol. The fourth-order valence-electron chi connectivity index (χ4n) is 3.68. The SMILES string of the molecule is COc1cc(NC(=O)CCOc2ccc(C)cc2C)c(C(=O)N2CCCC2)cc1OC. The predicted octanol–water partition coefficient (Wildman–Crippen LogP) is 3.96. The molecule has 3 rings (SSSR count). The number of hydrogen-bond donors (Lipinski definition) is 1. The Bertz CT molecular complexity index is 951. The lowest BCUT2D eigenvalue weighted by Gasteiger charge is -2.20. The molecule has 1 N–H and O–H groups in total. The van der Waals surface area contributed by atoms with Gasteiger partial charge in [0.1, 0.15) is 5.75 Å². The number of benzene rings is 2. The lowest BCUT2D eigenvalue weighted by atomic mass is 10.1. The average molecular weight is 427 g/mol. The maximum atomic E-state index is 13.0. The van der Waals surface area contributed by atoms with Crippen molar-refractivity contribution in [1.82, 2.24) is 4.90 Å². The lowest BCUT2D eigenvalue weighted by molar-refractivity contribution is -0.116. The maximum Gasteiger partial charge on any atom is 0.256 e. The van der Waals surface area contributed by atoms with Crippen molar-refractivity contribution in [2.45, 2.75) is 33.1 Å². The third-order valence-corrected chi connectivity index (χ3v) is 5.34. The fraction of sp³-hybridized carbons (Fsp3) is 0.417. The number of methoxy groups -OCH3 is 2. The van der Waals surface area contributed by atoms with Gasteiger partial charge in [-0.2, -0.15) is 0 Å². The van der Waals surface area contributed by atoms with Gasteiger partial charge in [-0.25, -0.2) is 0 Å². The Hall–Kier alpha value is -3.22. The minimum absolute atomic E-state index is 0.125. The van der Waals surface area contributed by atoms with Gasteiger partial charge in [0.15, 0.2) is 11.5 Å². The molecule has 31 heavy (non-hydrogen) atoms. The summed E-state index contributed by atoms with van der Waals surface area (Å²) >= 11 is 0. The normalized spacial score (nSPS) is 13.1. The first kappa shape index (κ1) is 22.5. The van der Waals surface area contributed by atoms with Crippen molar-refractivity contribution in [3.8, 4) is 17.2 Å². The maximum absolute atomic E-state index is 13.0. The number of likely N-dealkylation sites (tertiary alicyclic amines) is 1. The lowest BCUT2D eigenvalue weighted by Crippen LogP contribution is -2.29. The number of nitrogens with one attached hydrogen (secondary N) is 1. The van der Waals surface area contributed by atoms with Gasteiger partial charge in [-0.05, 0) is 44.4 Å². The monoisotopic (exact) mass is 426 g/mol. The van der Waals surface area contributed by atoms with Crippen LogP contribution in [0.3, 0.4) is 0 Å². The number of anilines is 1. The smallest absolute Gasteiger partial charge is 0.256 e. The van der Waals surface area contributed by atoms with E-state index in [0.717, 1.165) is 29.7 Å². The first-order valence-corrected chi connectivity index (χ1v) is 10.5. The summed E-state index contributed by atoms with van der Waals surface area (Å²) in [6, 6.07) is 9.17. The molecule has 7 nitrogen and oxygen atoms in total. The van der Waals surface area contributed by atoms with Gasteiger partial charge in [-0.1, -0.05) is 17.7 Å². The average Bonchev–Trinajstić information content (AvgIpc) is 3.29. The highest BCUT2D eigenvalue weighted by Crippen LogP contribution is 2.34. The Labute approximate surface area is 183 Å². The second kappa shape index (κ2) is 10.2. The molecule has 1 aliphatic heterocycles. The van der Waals surface area contributed by atoms with Gasteiger partial charge in [0.25, 0.3) is 5.91 Å². The van der Waals surface area contributed by atoms with Gasteiger partial charge in [0, 0.05) is 19.2 Å². The van der Waals surface area contributed by atoms with Crippen LogP contribution < -0.4 is 19.5 Å². The Morgan fingerprint density at radius 1 is 0.968 bits per heavy atom. The quantitative estimate of drug-likeness (QED) is 0.691. The molecule has 0 saturated carbocycles. The van der Waals surface area contributed by atoms with E-state index in [2.05, 4.69) is 5.32 Å². The van der Waals surface area contributed by atoms with E-state index in [1.165, 1.54) is 14.2 Å². The molecule has 166 valence electrons. The molecule has 0 aromatic heterocycles. The molecule has 0 bridgehead atoms. The first-order chi connectivity index (χ1) is 14.9. The second-order valence-corrected chi connectivity index (χ2v) is 7.67. The zero-order valence-corrected chi connectivity index (χ0v) is 18.6. The van der Waals surface area contributed by atoms with E-state index >= 15 is 0 Å². The molecule has 1 fully saturated rings. The van der Waals surface area contributed by atoms with Gasteiger partial charge >= 0.3 is 0 Å². The van der Waals surface area contributed by atoms with Crippen LogP contribution in [0.1, 0.15) is 40.7 Å². The van der Waals surface area contributed by atoms with Crippen molar-refractivity contribution in [3.05, 3.63) is 47.0 Å². The minimum atomic E-state index is -0.243. The first-order valence-electron chi connectivity index (χ1n) is 10.5. The molecule has 2 amide bonds. The summed E-state index contributed by atoms with van der Waals surface area (Å²) in [7, 11) is 3.04. The van der Waals surface area contributed by atoms with Gasteiger partial charge in [0.05, 0.1) is 38.5 Å². The molecule has 1 aliphatic rings. The van der Waals surface area contributed by atoms with E-state index in [1.54, 1.807) is 17.0 Å². The molecule has 0 spiro atoms. The summed E-state index contributed by atoms with van der Waals surface area (Å²) in [5.74, 6) is 1.28. The minimum Gasteiger partial charge on any atom is -0.493 e. The van der Waals surface area contributed by atoms with Crippen LogP contribution in [0.2, 0.25) is 0 Å². The summed E-state index contributed by atoms with van der Waals surface area (Å²) in [6.45, 7) is 5.66. The van der Waals surface area contributed by atoms with Crippen LogP contribution in [0, 0.1) is 13.8 Å². The van der Waals surface area contributed by atoms with Crippen LogP contribution >= 0.6 is 0 Å². The number of aryl methyl sites for hydroxylation is 2. The molecular formula is C24H30N2O5. The third-order valence-electron chi connectivity index (χ3n) is 5.34. The summed E-state index contributed by atoms with van der Waals surface area (Å²) < 4.78 is 16.5. The van der Waals surface area contributed by atoms with Crippen molar-refractivity contribution in [1.29, 1.82) is 0 Å². The van der Waals surface area contributed by atoms with E-state index in [1.807, 2.05) is 32.0 Å². The van der Waals surface area contributed by atoms with E-state index in [9.17, 15) is 9.59 Å². The Kier molecular flexibility index (Phi) is 7.39. The zero-order chi connectivity index (χ0) is 22.4. The summed E-state index contributed by atoms with van der Waals surface area (Å²) in [4.78, 5) is 27.4. The highest BCUT2D eigenvalue weighted by molar-refractivity contribution is 6.04. The van der Waals surface area contributed by atoms with Crippen LogP contribution in [-0.4, -0.2) is 50.6 Å². The van der Waals surface area contributed by atoms with Crippen molar-refractivity contribution in [2.24, 2.45) is 0 Å². The molecule has 2 aromatic carbocycles. The number of nitrogens with zero attached hydrogens (tertiary/aromatic N) is 1. The number of carbonyl (C=O) groups excluding carboxylic acids is 2. The number of carbonyl (C=O) groups is 2. The standard InChI is InChI=1S/C24H30N2O5/c1-16-7-8-20(17(2)13-16)31-12-9-23(27)25-19-15-22(30-4)21(29-3)14-18(19)24(28)26-10-5-6-11-26/h7-8,13-15H,5-6,9-12H2,1-4H3,(H,25,27). The van der Waals surface area contributed by atoms with Crippen LogP contribution in [-0.2, 0) is 4.79 Å². The van der Waals surface area contributed by atoms with Crippen molar-refractivity contribution in [3.63, 3.8) is 0 Å². The van der Waals surface area contributed by atoms with Crippen molar-refractivity contribution in [2.75, 3.05) is 39.2 Å². The molecule has 0 unspecified atom stereocenters. The number of amides is 2. The predicted molar refractivity (Wildman–Crippen MR) is 119 cm³/mol. The van der Waals surface area contributed by atoms with Crippen LogP contribution in [0.15, 0.2) is 30.3 Å². The molecule has 0 atom stereocenters. The highest BCUT2D eigenvalue weighted by atomic mass is 16.5. The summed E-state index contributed by atoms with van der Waals surface area (Å²) in [6.07, 6.45) is 2.12. The van der Waals surface area contributed by atoms with Crippen LogP contribution in [0.5, 0.6) is 17.2 Å². The Balaban J connectivity index is 1.72. The second-order valence-electron chi connectivity index (χ2n) is 7.67. The van der Waals surface area contributed by atoms with Crippen LogP contribution in [0.4, 0.5) is 5.69 Å². The number of hydrogen-bond acceptors (Lipinski definition) is 5. The van der Waals surface area contributed by atoms with Gasteiger partial charge in [-0.15, -0.1) is 0 Å². The topological polar surface area (TPSA) is 77.1 Å². The van der Waals surface area contributed by atoms with Crippen molar-refractivity contribution >= 4 is 17.5 Å².